The molecule has 1 saturated heterocycles. The molecule has 0 bridgehead atoms. The lowest BCUT2D eigenvalue weighted by Crippen LogP contribution is -2.42. The van der Waals surface area contributed by atoms with E-state index in [0.717, 1.165) is 0 Å². The van der Waals surface area contributed by atoms with E-state index in [0.29, 0.717) is 6.42 Å². The van der Waals surface area contributed by atoms with Gasteiger partial charge in [-0.2, -0.15) is 0 Å². The summed E-state index contributed by atoms with van der Waals surface area (Å²) in [4.78, 5) is 21.8. The van der Waals surface area contributed by atoms with Gasteiger partial charge in [0.25, 0.3) is 0 Å². The SMILES string of the molecule is CC[C@@]1(C)NC(=O)CC1=O. The van der Waals surface area contributed by atoms with E-state index in [4.69, 9.17) is 0 Å². The molecular formula is C7H11NO2. The largest absolute Gasteiger partial charge is 0.343 e. The summed E-state index contributed by atoms with van der Waals surface area (Å²) in [7, 11) is 0. The van der Waals surface area contributed by atoms with Crippen molar-refractivity contribution >= 4 is 11.7 Å². The Bertz CT molecular complexity index is 188. The molecule has 3 nitrogen and oxygen atoms in total. The van der Waals surface area contributed by atoms with Crippen molar-refractivity contribution in [3.8, 4) is 0 Å². The van der Waals surface area contributed by atoms with E-state index in [9.17, 15) is 9.59 Å². The number of amides is 1. The van der Waals surface area contributed by atoms with Gasteiger partial charge in [-0.25, -0.2) is 0 Å². The number of carbonyl (C=O) groups excluding carboxylic acids is 2. The van der Waals surface area contributed by atoms with Crippen LogP contribution in [0.1, 0.15) is 26.7 Å². The van der Waals surface area contributed by atoms with E-state index in [1.807, 2.05) is 6.92 Å². The van der Waals surface area contributed by atoms with Crippen LogP contribution in [0.15, 0.2) is 0 Å². The molecule has 1 aliphatic rings. The molecule has 1 amide bonds. The maximum Gasteiger partial charge on any atom is 0.228 e. The average molecular weight is 141 g/mol. The molecule has 0 radical (unpaired) electrons. The molecule has 0 unspecified atom stereocenters. The summed E-state index contributed by atoms with van der Waals surface area (Å²) in [5.41, 5.74) is -0.572. The first-order valence-corrected chi connectivity index (χ1v) is 3.43. The molecule has 0 aromatic carbocycles. The number of ketones is 1. The van der Waals surface area contributed by atoms with Crippen LogP contribution in [0.2, 0.25) is 0 Å². The van der Waals surface area contributed by atoms with E-state index < -0.39 is 5.54 Å². The highest BCUT2D eigenvalue weighted by molar-refractivity contribution is 6.09. The lowest BCUT2D eigenvalue weighted by molar-refractivity contribution is -0.123. The van der Waals surface area contributed by atoms with Gasteiger partial charge in [0.2, 0.25) is 5.91 Å². The van der Waals surface area contributed by atoms with Crippen molar-refractivity contribution in [1.29, 1.82) is 0 Å². The van der Waals surface area contributed by atoms with Gasteiger partial charge in [-0.3, -0.25) is 9.59 Å². The maximum atomic E-state index is 11.1. The number of Topliss-reactive ketones (excluding diaryl/α,β-unsaturated/α-hetero) is 1. The Hall–Kier alpha value is -0.860. The molecule has 1 aliphatic heterocycles. The number of rotatable bonds is 1. The number of hydrogen-bond acceptors (Lipinski definition) is 2. The second-order valence-corrected chi connectivity index (χ2v) is 2.83. The molecule has 10 heavy (non-hydrogen) atoms. The topological polar surface area (TPSA) is 46.2 Å². The van der Waals surface area contributed by atoms with Crippen LogP contribution in [0.4, 0.5) is 0 Å². The van der Waals surface area contributed by atoms with Crippen molar-refractivity contribution in [1.82, 2.24) is 5.32 Å². The quantitative estimate of drug-likeness (QED) is 0.532. The van der Waals surface area contributed by atoms with Crippen LogP contribution in [0, 0.1) is 0 Å². The summed E-state index contributed by atoms with van der Waals surface area (Å²) in [5.74, 6) is -0.130. The Morgan fingerprint density at radius 3 is 2.40 bits per heavy atom. The van der Waals surface area contributed by atoms with Crippen LogP contribution < -0.4 is 5.32 Å². The standard InChI is InChI=1S/C7H11NO2/c1-3-7(2)5(9)4-6(10)8-7/h3-4H2,1-2H3,(H,8,10)/t7-/m1/s1. The highest BCUT2D eigenvalue weighted by Gasteiger charge is 2.39. The van der Waals surface area contributed by atoms with Crippen molar-refractivity contribution in [3.05, 3.63) is 0 Å². The van der Waals surface area contributed by atoms with Crippen LogP contribution in [0.25, 0.3) is 0 Å². The molecule has 0 saturated carbocycles. The first kappa shape index (κ1) is 7.25. The van der Waals surface area contributed by atoms with Gasteiger partial charge < -0.3 is 5.32 Å². The van der Waals surface area contributed by atoms with Crippen LogP contribution in [0.3, 0.4) is 0 Å². The van der Waals surface area contributed by atoms with E-state index in [1.165, 1.54) is 0 Å². The van der Waals surface area contributed by atoms with E-state index in [-0.39, 0.29) is 18.1 Å². The fraction of sp³-hybridized carbons (Fsp3) is 0.714. The first-order chi connectivity index (χ1) is 4.58. The number of nitrogens with one attached hydrogen (secondary N) is 1. The Labute approximate surface area is 59.8 Å². The smallest absolute Gasteiger partial charge is 0.228 e. The van der Waals surface area contributed by atoms with Crippen LogP contribution in [-0.4, -0.2) is 17.2 Å². The highest BCUT2D eigenvalue weighted by Crippen LogP contribution is 2.18. The fourth-order valence-corrected chi connectivity index (χ4v) is 1.05. The second kappa shape index (κ2) is 2.08. The first-order valence-electron chi connectivity index (χ1n) is 3.43. The minimum absolute atomic E-state index is 0.0139. The zero-order valence-corrected chi connectivity index (χ0v) is 6.23. The highest BCUT2D eigenvalue weighted by atomic mass is 16.2. The molecule has 1 fully saturated rings. The Morgan fingerprint density at radius 2 is 2.20 bits per heavy atom. The summed E-state index contributed by atoms with van der Waals surface area (Å²) in [5, 5.41) is 2.64. The molecule has 0 aromatic heterocycles. The van der Waals surface area contributed by atoms with Gasteiger partial charge in [0, 0.05) is 0 Å². The van der Waals surface area contributed by atoms with Crippen molar-refractivity contribution in [2.45, 2.75) is 32.2 Å². The van der Waals surface area contributed by atoms with Crippen LogP contribution in [0.5, 0.6) is 0 Å². The Morgan fingerprint density at radius 1 is 1.60 bits per heavy atom. The molecule has 3 heteroatoms. The summed E-state index contributed by atoms with van der Waals surface area (Å²) in [6, 6.07) is 0. The van der Waals surface area contributed by atoms with Gasteiger partial charge in [0.05, 0.1) is 12.0 Å². The van der Waals surface area contributed by atoms with Crippen molar-refractivity contribution < 1.29 is 9.59 Å². The minimum Gasteiger partial charge on any atom is -0.343 e. The summed E-state index contributed by atoms with van der Waals surface area (Å²) >= 11 is 0. The molecule has 56 valence electrons. The molecule has 0 spiro atoms. The summed E-state index contributed by atoms with van der Waals surface area (Å²) in [6.07, 6.45) is 0.738. The predicted octanol–water partition coefficient (Wildman–Crippen LogP) is 0.244. The zero-order chi connectivity index (χ0) is 7.78. The Kier molecular flexibility index (Phi) is 1.50. The van der Waals surface area contributed by atoms with Crippen molar-refractivity contribution in [2.24, 2.45) is 0 Å². The normalized spacial score (nSPS) is 32.6. The van der Waals surface area contributed by atoms with E-state index in [1.54, 1.807) is 6.92 Å². The van der Waals surface area contributed by atoms with Crippen molar-refractivity contribution in [3.63, 3.8) is 0 Å². The van der Waals surface area contributed by atoms with Gasteiger partial charge >= 0.3 is 0 Å². The Balaban J connectivity index is 2.80. The molecule has 1 N–H and O–H groups in total. The minimum atomic E-state index is -0.572. The lowest BCUT2D eigenvalue weighted by atomic mass is 9.96. The van der Waals surface area contributed by atoms with Gasteiger partial charge in [-0.15, -0.1) is 0 Å². The van der Waals surface area contributed by atoms with Gasteiger partial charge in [-0.05, 0) is 13.3 Å². The third-order valence-corrected chi connectivity index (χ3v) is 2.06. The maximum absolute atomic E-state index is 11.1. The van der Waals surface area contributed by atoms with E-state index in [2.05, 4.69) is 5.32 Å². The monoisotopic (exact) mass is 141 g/mol. The number of hydrogen-bond donors (Lipinski definition) is 1. The third kappa shape index (κ3) is 0.916. The molecule has 1 atom stereocenters. The molecular weight excluding hydrogens is 130 g/mol. The fourth-order valence-electron chi connectivity index (χ4n) is 1.05. The molecule has 1 rings (SSSR count). The summed E-state index contributed by atoms with van der Waals surface area (Å²) < 4.78 is 0. The third-order valence-electron chi connectivity index (χ3n) is 2.06. The average Bonchev–Trinajstić information content (AvgIpc) is 2.09. The van der Waals surface area contributed by atoms with Gasteiger partial charge in [-0.1, -0.05) is 6.92 Å². The van der Waals surface area contributed by atoms with Crippen molar-refractivity contribution in [2.75, 3.05) is 0 Å². The van der Waals surface area contributed by atoms with Gasteiger partial charge in [0.15, 0.2) is 5.78 Å². The zero-order valence-electron chi connectivity index (χ0n) is 6.23. The second-order valence-electron chi connectivity index (χ2n) is 2.83. The van der Waals surface area contributed by atoms with Crippen LogP contribution in [-0.2, 0) is 9.59 Å². The molecule has 0 aromatic rings. The lowest BCUT2D eigenvalue weighted by Gasteiger charge is -2.18. The molecule has 0 aliphatic carbocycles. The van der Waals surface area contributed by atoms with E-state index >= 15 is 0 Å². The predicted molar refractivity (Wildman–Crippen MR) is 36.5 cm³/mol. The number of carbonyl (C=O) groups is 2. The van der Waals surface area contributed by atoms with Crippen LogP contribution >= 0.6 is 0 Å². The summed E-state index contributed by atoms with van der Waals surface area (Å²) in [6.45, 7) is 3.66. The van der Waals surface area contributed by atoms with Gasteiger partial charge in [0.1, 0.15) is 0 Å². The molecule has 1 heterocycles.